The smallest absolute Gasteiger partial charge is 0.290 e. The van der Waals surface area contributed by atoms with E-state index in [1.54, 1.807) is 29.8 Å². The molecule has 0 bridgehead atoms. The first kappa shape index (κ1) is 19.8. The second kappa shape index (κ2) is 8.07. The third kappa shape index (κ3) is 4.23. The normalized spacial score (nSPS) is 15.3. The number of nitrogens with one attached hydrogen (secondary N) is 2. The van der Waals surface area contributed by atoms with Crippen molar-refractivity contribution in [2.75, 3.05) is 5.32 Å². The predicted octanol–water partition coefficient (Wildman–Crippen LogP) is 3.26. The van der Waals surface area contributed by atoms with Gasteiger partial charge >= 0.3 is 0 Å². The SMILES string of the molecule is Cc1cc(Nc2ncccn2)cc(-c2cnc(C3(N=C(N)OC(=N)N)CCC3)s2)c1. The molecule has 1 aliphatic rings. The minimum absolute atomic E-state index is 0.108. The summed E-state index contributed by atoms with van der Waals surface area (Å²) in [7, 11) is 0. The number of aliphatic imine (C=N–C) groups is 1. The Labute approximate surface area is 177 Å². The van der Waals surface area contributed by atoms with E-state index in [-0.39, 0.29) is 6.02 Å². The van der Waals surface area contributed by atoms with Gasteiger partial charge in [-0.1, -0.05) is 6.07 Å². The molecule has 0 saturated heterocycles. The van der Waals surface area contributed by atoms with Crippen LogP contribution in [0.2, 0.25) is 0 Å². The van der Waals surface area contributed by atoms with Crippen molar-refractivity contribution in [3.8, 4) is 10.4 Å². The molecule has 0 unspecified atom stereocenters. The van der Waals surface area contributed by atoms with Crippen molar-refractivity contribution in [2.24, 2.45) is 16.5 Å². The summed E-state index contributed by atoms with van der Waals surface area (Å²) < 4.78 is 4.93. The number of amidine groups is 2. The Bertz CT molecular complexity index is 1090. The van der Waals surface area contributed by atoms with Crippen molar-refractivity contribution in [2.45, 2.75) is 31.7 Å². The molecule has 154 valence electrons. The Morgan fingerprint density at radius 3 is 2.63 bits per heavy atom. The lowest BCUT2D eigenvalue weighted by Crippen LogP contribution is -2.36. The summed E-state index contributed by atoms with van der Waals surface area (Å²) in [6.45, 7) is 2.04. The van der Waals surface area contributed by atoms with E-state index < -0.39 is 11.6 Å². The highest BCUT2D eigenvalue weighted by Gasteiger charge is 2.42. The van der Waals surface area contributed by atoms with Crippen LogP contribution in [0.25, 0.3) is 10.4 Å². The first-order valence-electron chi connectivity index (χ1n) is 9.43. The van der Waals surface area contributed by atoms with E-state index in [0.717, 1.165) is 46.0 Å². The average Bonchev–Trinajstić information content (AvgIpc) is 3.15. The van der Waals surface area contributed by atoms with Crippen LogP contribution in [0, 0.1) is 12.3 Å². The topological polar surface area (TPSA) is 148 Å². The van der Waals surface area contributed by atoms with Gasteiger partial charge in [0.2, 0.25) is 5.95 Å². The van der Waals surface area contributed by atoms with Crippen molar-refractivity contribution in [1.29, 1.82) is 5.41 Å². The van der Waals surface area contributed by atoms with Gasteiger partial charge in [-0.05, 0) is 55.5 Å². The largest absolute Gasteiger partial charge is 0.393 e. The van der Waals surface area contributed by atoms with Crippen molar-refractivity contribution < 1.29 is 4.74 Å². The summed E-state index contributed by atoms with van der Waals surface area (Å²) in [5, 5.41) is 11.3. The van der Waals surface area contributed by atoms with Gasteiger partial charge in [0, 0.05) is 24.3 Å². The molecule has 0 spiro atoms. The Morgan fingerprint density at radius 2 is 1.97 bits per heavy atom. The van der Waals surface area contributed by atoms with Gasteiger partial charge in [-0.15, -0.1) is 11.3 Å². The number of benzene rings is 1. The summed E-state index contributed by atoms with van der Waals surface area (Å²) in [6.07, 6.45) is 7.93. The fourth-order valence-corrected chi connectivity index (χ4v) is 4.44. The zero-order chi connectivity index (χ0) is 21.1. The molecule has 1 saturated carbocycles. The molecular weight excluding hydrogens is 400 g/mol. The highest BCUT2D eigenvalue weighted by atomic mass is 32.1. The lowest BCUT2D eigenvalue weighted by atomic mass is 9.78. The number of aromatic nitrogens is 3. The Kier molecular flexibility index (Phi) is 5.32. The van der Waals surface area contributed by atoms with Crippen molar-refractivity contribution in [3.63, 3.8) is 0 Å². The average molecular weight is 423 g/mol. The summed E-state index contributed by atoms with van der Waals surface area (Å²) in [5.41, 5.74) is 13.6. The minimum Gasteiger partial charge on any atom is -0.393 e. The standard InChI is InChI=1S/C20H22N8OS/c1-12-8-13(10-14(9-12)27-19-24-6-3-7-25-19)15-11-26-16(30-15)20(4-2-5-20)28-18(23)29-17(21)22/h3,6-11H,2,4-5H2,1H3,(H3,21,22)(H2,23,28)(H,24,25,27). The quantitative estimate of drug-likeness (QED) is 0.364. The van der Waals surface area contributed by atoms with Crippen LogP contribution in [0.4, 0.5) is 11.6 Å². The van der Waals surface area contributed by atoms with E-state index in [2.05, 4.69) is 31.3 Å². The number of nitrogens with two attached hydrogens (primary N) is 2. The van der Waals surface area contributed by atoms with Gasteiger partial charge in [-0.2, -0.15) is 0 Å². The van der Waals surface area contributed by atoms with E-state index in [9.17, 15) is 0 Å². The number of aryl methyl sites for hydroxylation is 1. The first-order valence-corrected chi connectivity index (χ1v) is 10.2. The molecule has 0 atom stereocenters. The summed E-state index contributed by atoms with van der Waals surface area (Å²) in [5.74, 6) is 0.544. The maximum atomic E-state index is 7.22. The van der Waals surface area contributed by atoms with Crippen molar-refractivity contribution in [3.05, 3.63) is 53.4 Å². The van der Waals surface area contributed by atoms with E-state index in [1.165, 1.54) is 0 Å². The van der Waals surface area contributed by atoms with Gasteiger partial charge in [0.1, 0.15) is 10.5 Å². The summed E-state index contributed by atoms with van der Waals surface area (Å²) in [4.78, 5) is 18.6. The second-order valence-corrected chi connectivity index (χ2v) is 8.15. The van der Waals surface area contributed by atoms with Crippen LogP contribution >= 0.6 is 11.3 Å². The monoisotopic (exact) mass is 422 g/mol. The van der Waals surface area contributed by atoms with E-state index in [0.29, 0.717) is 5.95 Å². The molecule has 1 aromatic carbocycles. The molecule has 3 aromatic rings. The molecule has 0 radical (unpaired) electrons. The molecule has 4 rings (SSSR count). The van der Waals surface area contributed by atoms with Gasteiger partial charge in [0.15, 0.2) is 0 Å². The van der Waals surface area contributed by atoms with Gasteiger partial charge in [-0.25, -0.2) is 19.9 Å². The number of anilines is 2. The summed E-state index contributed by atoms with van der Waals surface area (Å²) in [6, 6.07) is 7.39. The maximum absolute atomic E-state index is 7.22. The van der Waals surface area contributed by atoms with Crippen LogP contribution in [0.1, 0.15) is 29.8 Å². The van der Waals surface area contributed by atoms with Crippen LogP contribution in [-0.4, -0.2) is 27.0 Å². The van der Waals surface area contributed by atoms with Crippen LogP contribution in [0.3, 0.4) is 0 Å². The predicted molar refractivity (Wildman–Crippen MR) is 118 cm³/mol. The fourth-order valence-electron chi connectivity index (χ4n) is 3.34. The third-order valence-electron chi connectivity index (χ3n) is 4.81. The Morgan fingerprint density at radius 1 is 1.20 bits per heavy atom. The van der Waals surface area contributed by atoms with Crippen molar-refractivity contribution in [1.82, 2.24) is 15.0 Å². The van der Waals surface area contributed by atoms with Crippen molar-refractivity contribution >= 4 is 35.0 Å². The van der Waals surface area contributed by atoms with E-state index in [4.69, 9.17) is 21.6 Å². The highest BCUT2D eigenvalue weighted by Crippen LogP contribution is 2.47. The minimum atomic E-state index is -0.509. The lowest BCUT2D eigenvalue weighted by molar-refractivity contribution is 0.250. The molecule has 10 heteroatoms. The molecule has 1 aliphatic carbocycles. The zero-order valence-electron chi connectivity index (χ0n) is 16.4. The molecule has 9 nitrogen and oxygen atoms in total. The molecular formula is C20H22N8OS. The second-order valence-electron chi connectivity index (χ2n) is 7.12. The van der Waals surface area contributed by atoms with E-state index in [1.807, 2.05) is 25.3 Å². The lowest BCUT2D eigenvalue weighted by Gasteiger charge is -2.36. The number of ether oxygens (including phenoxy) is 1. The van der Waals surface area contributed by atoms with Crippen LogP contribution < -0.4 is 16.8 Å². The third-order valence-corrected chi connectivity index (χ3v) is 6.05. The number of rotatable bonds is 5. The van der Waals surface area contributed by atoms with Gasteiger partial charge in [-0.3, -0.25) is 5.41 Å². The first-order chi connectivity index (χ1) is 14.4. The van der Waals surface area contributed by atoms with Crippen LogP contribution in [-0.2, 0) is 10.3 Å². The molecule has 2 aromatic heterocycles. The molecule has 2 heterocycles. The van der Waals surface area contributed by atoms with Gasteiger partial charge in [0.25, 0.3) is 12.0 Å². The fraction of sp³-hybridized carbons (Fsp3) is 0.250. The number of nitrogens with zero attached hydrogens (tertiary/aromatic N) is 4. The maximum Gasteiger partial charge on any atom is 0.290 e. The molecule has 30 heavy (non-hydrogen) atoms. The summed E-state index contributed by atoms with van der Waals surface area (Å²) >= 11 is 1.58. The Balaban J connectivity index is 1.61. The number of thiazole rings is 1. The van der Waals surface area contributed by atoms with E-state index >= 15 is 0 Å². The highest BCUT2D eigenvalue weighted by molar-refractivity contribution is 7.15. The van der Waals surface area contributed by atoms with Gasteiger partial charge in [0.05, 0.1) is 4.88 Å². The molecule has 0 aliphatic heterocycles. The van der Waals surface area contributed by atoms with Gasteiger partial charge < -0.3 is 21.5 Å². The number of hydrogen-bond donors (Lipinski definition) is 4. The van der Waals surface area contributed by atoms with Crippen LogP contribution in [0.5, 0.6) is 0 Å². The molecule has 0 amide bonds. The zero-order valence-corrected chi connectivity index (χ0v) is 17.2. The number of hydrogen-bond acceptors (Lipinski definition) is 8. The molecule has 1 fully saturated rings. The van der Waals surface area contributed by atoms with Crippen LogP contribution in [0.15, 0.2) is 47.8 Å². The molecule has 6 N–H and O–H groups in total. The Hall–Kier alpha value is -3.53.